The summed E-state index contributed by atoms with van der Waals surface area (Å²) in [5, 5.41) is 14.5. The fourth-order valence-corrected chi connectivity index (χ4v) is 2.16. The summed E-state index contributed by atoms with van der Waals surface area (Å²) in [6, 6.07) is 8.14. The SMILES string of the molecule is CC(C)c1ccc(CNC(=O)C(C(N)=NO)C(C)C)cc1. The first kappa shape index (κ1) is 17.0. The summed E-state index contributed by atoms with van der Waals surface area (Å²) in [5.41, 5.74) is 7.87. The van der Waals surface area contributed by atoms with E-state index in [1.807, 2.05) is 26.0 Å². The Balaban J connectivity index is 2.67. The van der Waals surface area contributed by atoms with Crippen LogP contribution in [0, 0.1) is 11.8 Å². The molecule has 0 spiro atoms. The number of oxime groups is 1. The second kappa shape index (κ2) is 7.67. The van der Waals surface area contributed by atoms with Crippen LogP contribution in [0.3, 0.4) is 0 Å². The number of nitrogens with zero attached hydrogens (tertiary/aromatic N) is 1. The van der Waals surface area contributed by atoms with Gasteiger partial charge in [0.25, 0.3) is 0 Å². The molecule has 1 aromatic rings. The maximum Gasteiger partial charge on any atom is 0.231 e. The van der Waals surface area contributed by atoms with Gasteiger partial charge in [-0.1, -0.05) is 57.1 Å². The van der Waals surface area contributed by atoms with Gasteiger partial charge < -0.3 is 16.3 Å². The number of nitrogens with two attached hydrogens (primary N) is 1. The average Bonchev–Trinajstić information content (AvgIpc) is 2.45. The van der Waals surface area contributed by atoms with E-state index >= 15 is 0 Å². The molecule has 0 bridgehead atoms. The van der Waals surface area contributed by atoms with Crippen molar-refractivity contribution in [3.8, 4) is 0 Å². The van der Waals surface area contributed by atoms with Crippen molar-refractivity contribution in [3.63, 3.8) is 0 Å². The van der Waals surface area contributed by atoms with Crippen LogP contribution >= 0.6 is 0 Å². The van der Waals surface area contributed by atoms with Crippen LogP contribution in [0.25, 0.3) is 0 Å². The summed E-state index contributed by atoms with van der Waals surface area (Å²) in [6.07, 6.45) is 0. The van der Waals surface area contributed by atoms with Crippen molar-refractivity contribution in [1.82, 2.24) is 5.32 Å². The van der Waals surface area contributed by atoms with Gasteiger partial charge in [-0.15, -0.1) is 0 Å². The van der Waals surface area contributed by atoms with Gasteiger partial charge in [0.2, 0.25) is 5.91 Å². The van der Waals surface area contributed by atoms with Crippen molar-refractivity contribution in [1.29, 1.82) is 0 Å². The Morgan fingerprint density at radius 2 is 1.81 bits per heavy atom. The standard InChI is InChI=1S/C16H25N3O2/c1-10(2)13-7-5-12(6-8-13)9-18-16(20)14(11(3)4)15(17)19-21/h5-8,10-11,14,21H,9H2,1-4H3,(H2,17,19)(H,18,20). The average molecular weight is 291 g/mol. The highest BCUT2D eigenvalue weighted by molar-refractivity contribution is 6.02. The lowest BCUT2D eigenvalue weighted by atomic mass is 9.93. The van der Waals surface area contributed by atoms with Crippen LogP contribution in [0.1, 0.15) is 44.7 Å². The molecule has 21 heavy (non-hydrogen) atoms. The molecule has 5 nitrogen and oxygen atoms in total. The van der Waals surface area contributed by atoms with Crippen LogP contribution in [-0.4, -0.2) is 17.0 Å². The molecule has 1 unspecified atom stereocenters. The van der Waals surface area contributed by atoms with E-state index in [0.29, 0.717) is 12.5 Å². The predicted molar refractivity (Wildman–Crippen MR) is 84.1 cm³/mol. The molecule has 0 saturated carbocycles. The topological polar surface area (TPSA) is 87.7 Å². The molecule has 0 aromatic heterocycles. The Kier molecular flexibility index (Phi) is 6.21. The molecule has 0 aliphatic rings. The summed E-state index contributed by atoms with van der Waals surface area (Å²) in [7, 11) is 0. The van der Waals surface area contributed by atoms with Gasteiger partial charge in [-0.05, 0) is 23.0 Å². The Morgan fingerprint density at radius 3 is 2.24 bits per heavy atom. The molecule has 1 amide bonds. The smallest absolute Gasteiger partial charge is 0.231 e. The second-order valence-electron chi connectivity index (χ2n) is 5.86. The Labute approximate surface area is 126 Å². The minimum absolute atomic E-state index is 0.0378. The molecule has 1 rings (SSSR count). The van der Waals surface area contributed by atoms with Gasteiger partial charge in [-0.25, -0.2) is 0 Å². The van der Waals surface area contributed by atoms with Crippen molar-refractivity contribution >= 4 is 11.7 Å². The summed E-state index contributed by atoms with van der Waals surface area (Å²) in [5.74, 6) is -0.459. The monoisotopic (exact) mass is 291 g/mol. The van der Waals surface area contributed by atoms with Crippen LogP contribution in [-0.2, 0) is 11.3 Å². The molecule has 4 N–H and O–H groups in total. The van der Waals surface area contributed by atoms with E-state index < -0.39 is 5.92 Å². The van der Waals surface area contributed by atoms with Gasteiger partial charge in [-0.3, -0.25) is 4.79 Å². The zero-order valence-electron chi connectivity index (χ0n) is 13.1. The van der Waals surface area contributed by atoms with Gasteiger partial charge in [0.15, 0.2) is 5.84 Å². The normalized spacial score (nSPS) is 13.5. The third-order valence-corrected chi connectivity index (χ3v) is 3.50. The predicted octanol–water partition coefficient (Wildman–Crippen LogP) is 2.44. The first-order valence-corrected chi connectivity index (χ1v) is 7.20. The number of hydrogen-bond donors (Lipinski definition) is 3. The molecular formula is C16H25N3O2. The lowest BCUT2D eigenvalue weighted by Gasteiger charge is -2.18. The van der Waals surface area contributed by atoms with E-state index in [0.717, 1.165) is 5.56 Å². The van der Waals surface area contributed by atoms with Gasteiger partial charge >= 0.3 is 0 Å². The summed E-state index contributed by atoms with van der Waals surface area (Å²) in [4.78, 5) is 12.2. The zero-order valence-corrected chi connectivity index (χ0v) is 13.1. The number of carbonyl (C=O) groups is 1. The van der Waals surface area contributed by atoms with E-state index in [2.05, 4.69) is 36.5 Å². The second-order valence-corrected chi connectivity index (χ2v) is 5.86. The van der Waals surface area contributed by atoms with E-state index in [1.165, 1.54) is 5.56 Å². The molecule has 0 saturated heterocycles. The molecule has 116 valence electrons. The number of rotatable bonds is 6. The van der Waals surface area contributed by atoms with Gasteiger partial charge in [0.1, 0.15) is 5.92 Å². The molecule has 1 atom stereocenters. The number of carbonyl (C=O) groups excluding carboxylic acids is 1. The largest absolute Gasteiger partial charge is 0.409 e. The van der Waals surface area contributed by atoms with Crippen molar-refractivity contribution in [2.45, 2.75) is 40.2 Å². The van der Waals surface area contributed by atoms with Crippen LogP contribution in [0.15, 0.2) is 29.4 Å². The number of amidine groups is 1. The van der Waals surface area contributed by atoms with Crippen molar-refractivity contribution in [2.75, 3.05) is 0 Å². The molecule has 0 fully saturated rings. The fourth-order valence-electron chi connectivity index (χ4n) is 2.16. The number of nitrogens with one attached hydrogen (secondary N) is 1. The summed E-state index contributed by atoms with van der Waals surface area (Å²) >= 11 is 0. The zero-order chi connectivity index (χ0) is 16.0. The first-order valence-electron chi connectivity index (χ1n) is 7.20. The summed E-state index contributed by atoms with van der Waals surface area (Å²) < 4.78 is 0. The Hall–Kier alpha value is -2.04. The van der Waals surface area contributed by atoms with Crippen LogP contribution < -0.4 is 11.1 Å². The Bertz CT molecular complexity index is 493. The van der Waals surface area contributed by atoms with Crippen LogP contribution in [0.5, 0.6) is 0 Å². The van der Waals surface area contributed by atoms with Crippen LogP contribution in [0.4, 0.5) is 0 Å². The minimum atomic E-state index is -0.620. The molecule has 5 heteroatoms. The highest BCUT2D eigenvalue weighted by Crippen LogP contribution is 2.15. The van der Waals surface area contributed by atoms with E-state index in [1.54, 1.807) is 0 Å². The first-order chi connectivity index (χ1) is 9.86. The Morgan fingerprint density at radius 1 is 1.24 bits per heavy atom. The third kappa shape index (κ3) is 4.77. The number of hydrogen-bond acceptors (Lipinski definition) is 3. The fraction of sp³-hybridized carbons (Fsp3) is 0.500. The number of benzene rings is 1. The molecule has 0 aliphatic carbocycles. The highest BCUT2D eigenvalue weighted by Gasteiger charge is 2.26. The minimum Gasteiger partial charge on any atom is -0.409 e. The van der Waals surface area contributed by atoms with Gasteiger partial charge in [0.05, 0.1) is 0 Å². The molecule has 0 heterocycles. The quantitative estimate of drug-likeness (QED) is 0.325. The molecule has 0 aliphatic heterocycles. The van der Waals surface area contributed by atoms with Crippen molar-refractivity contribution in [2.24, 2.45) is 22.7 Å². The van der Waals surface area contributed by atoms with E-state index in [-0.39, 0.29) is 17.7 Å². The lowest BCUT2D eigenvalue weighted by Crippen LogP contribution is -2.41. The van der Waals surface area contributed by atoms with Crippen molar-refractivity contribution < 1.29 is 10.0 Å². The molecule has 0 radical (unpaired) electrons. The lowest BCUT2D eigenvalue weighted by molar-refractivity contribution is -0.124. The van der Waals surface area contributed by atoms with E-state index in [4.69, 9.17) is 10.9 Å². The summed E-state index contributed by atoms with van der Waals surface area (Å²) in [6.45, 7) is 8.43. The maximum absolute atomic E-state index is 12.2. The molecule has 1 aromatic carbocycles. The van der Waals surface area contributed by atoms with Crippen molar-refractivity contribution in [3.05, 3.63) is 35.4 Å². The highest BCUT2D eigenvalue weighted by atomic mass is 16.4. The van der Waals surface area contributed by atoms with E-state index in [9.17, 15) is 4.79 Å². The van der Waals surface area contributed by atoms with Crippen LogP contribution in [0.2, 0.25) is 0 Å². The van der Waals surface area contributed by atoms with Gasteiger partial charge in [-0.2, -0.15) is 0 Å². The molecular weight excluding hydrogens is 266 g/mol. The van der Waals surface area contributed by atoms with Gasteiger partial charge in [0, 0.05) is 6.54 Å². The number of amides is 1. The third-order valence-electron chi connectivity index (χ3n) is 3.50. The maximum atomic E-state index is 12.2.